The molecule has 0 saturated carbocycles. The van der Waals surface area contributed by atoms with Gasteiger partial charge in [0.15, 0.2) is 17.5 Å². The summed E-state index contributed by atoms with van der Waals surface area (Å²) < 4.78 is 6.77. The van der Waals surface area contributed by atoms with Gasteiger partial charge in [-0.15, -0.1) is 0 Å². The highest BCUT2D eigenvalue weighted by molar-refractivity contribution is 5.92. The fraction of sp³-hybridized carbons (Fsp3) is 0.0577. The molecular weight excluding hydrogens is 683 g/mol. The first kappa shape index (κ1) is 32.3. The van der Waals surface area contributed by atoms with Crippen molar-refractivity contribution in [3.8, 4) is 67.9 Å². The number of benzene rings is 7. The molecule has 7 aromatic carbocycles. The maximum absolute atomic E-state index is 6.77. The molecule has 1 aliphatic heterocycles. The number of para-hydroxylation sites is 1. The first-order valence-corrected chi connectivity index (χ1v) is 19.3. The van der Waals surface area contributed by atoms with Crippen molar-refractivity contribution in [2.75, 3.05) is 0 Å². The summed E-state index contributed by atoms with van der Waals surface area (Å²) in [7, 11) is 0. The molecule has 0 amide bonds. The molecule has 11 rings (SSSR count). The number of allylic oxidation sites excluding steroid dienone is 4. The van der Waals surface area contributed by atoms with Crippen LogP contribution in [0, 0.1) is 0 Å². The third-order valence-corrected chi connectivity index (χ3v) is 11.5. The van der Waals surface area contributed by atoms with E-state index in [2.05, 4.69) is 158 Å². The first-order chi connectivity index (χ1) is 27.8. The second kappa shape index (κ2) is 13.0. The number of rotatable bonds is 5. The van der Waals surface area contributed by atoms with Gasteiger partial charge in [0.2, 0.25) is 0 Å². The molecule has 0 bridgehead atoms. The minimum absolute atomic E-state index is 0.556. The lowest BCUT2D eigenvalue weighted by Crippen LogP contribution is -2.32. The highest BCUT2D eigenvalue weighted by Gasteiger charge is 2.52. The Morgan fingerprint density at radius 1 is 0.393 bits per heavy atom. The van der Waals surface area contributed by atoms with Gasteiger partial charge in [-0.25, -0.2) is 15.0 Å². The van der Waals surface area contributed by atoms with E-state index in [1.165, 1.54) is 33.4 Å². The molecule has 1 spiro atoms. The fourth-order valence-corrected chi connectivity index (χ4v) is 8.95. The van der Waals surface area contributed by atoms with E-state index >= 15 is 0 Å². The van der Waals surface area contributed by atoms with E-state index in [0.717, 1.165) is 63.3 Å². The molecule has 0 N–H and O–H groups in total. The highest BCUT2D eigenvalue weighted by Crippen LogP contribution is 2.63. The van der Waals surface area contributed by atoms with Crippen LogP contribution in [0.1, 0.15) is 40.7 Å². The molecule has 0 saturated heterocycles. The minimum Gasteiger partial charge on any atom is -0.457 e. The van der Waals surface area contributed by atoms with Crippen LogP contribution in [0.15, 0.2) is 188 Å². The number of fused-ring (bicyclic) bond motifs is 9. The topological polar surface area (TPSA) is 47.9 Å². The molecule has 0 fully saturated rings. The van der Waals surface area contributed by atoms with Gasteiger partial charge in [0.05, 0.1) is 5.41 Å². The summed E-state index contributed by atoms with van der Waals surface area (Å²) in [5.74, 6) is 3.67. The SMILES string of the molecule is C1=CC(c2ccc(-c3nc(-c4ccccc4)nc(-c4ccc(-c5cccc6c5C5(c7ccccc7O6)c6ccccc6-c6ccccc65)cc4)n3)cc2)=CCC1. The fourth-order valence-electron chi connectivity index (χ4n) is 8.95. The maximum Gasteiger partial charge on any atom is 0.164 e. The van der Waals surface area contributed by atoms with Gasteiger partial charge in [0.25, 0.3) is 0 Å². The van der Waals surface area contributed by atoms with Gasteiger partial charge in [-0.05, 0) is 69.5 Å². The molecule has 56 heavy (non-hydrogen) atoms. The highest BCUT2D eigenvalue weighted by atomic mass is 16.5. The van der Waals surface area contributed by atoms with Gasteiger partial charge in [-0.1, -0.05) is 176 Å². The number of nitrogens with zero attached hydrogens (tertiary/aromatic N) is 3. The van der Waals surface area contributed by atoms with Gasteiger partial charge in [-0.2, -0.15) is 0 Å². The molecule has 4 heteroatoms. The largest absolute Gasteiger partial charge is 0.457 e. The van der Waals surface area contributed by atoms with Crippen LogP contribution in [0.2, 0.25) is 0 Å². The van der Waals surface area contributed by atoms with Crippen LogP contribution < -0.4 is 4.74 Å². The second-order valence-corrected chi connectivity index (χ2v) is 14.6. The molecule has 2 heterocycles. The van der Waals surface area contributed by atoms with E-state index in [4.69, 9.17) is 19.7 Å². The predicted octanol–water partition coefficient (Wildman–Crippen LogP) is 12.7. The standard InChI is InChI=1S/C52H35N3O/c1-3-14-34(15-4-1)35-26-30-38(31-27-35)50-53-49(37-16-5-2-6-17-37)54-51(55-50)39-32-28-36(29-33-39)40-20-13-25-47-48(40)52(45-23-11-12-24-46(45)56-47)43-21-9-7-18-41(43)42-19-8-10-22-44(42)52/h2-3,5-33H,1,4H2. The summed E-state index contributed by atoms with van der Waals surface area (Å²) in [6.07, 6.45) is 8.91. The van der Waals surface area contributed by atoms with Crippen molar-refractivity contribution in [3.05, 3.63) is 216 Å². The van der Waals surface area contributed by atoms with Crippen LogP contribution >= 0.6 is 0 Å². The van der Waals surface area contributed by atoms with Crippen molar-refractivity contribution in [1.29, 1.82) is 0 Å². The van der Waals surface area contributed by atoms with Crippen molar-refractivity contribution in [2.24, 2.45) is 0 Å². The molecule has 3 aliphatic rings. The first-order valence-electron chi connectivity index (χ1n) is 19.3. The monoisotopic (exact) mass is 717 g/mol. The summed E-state index contributed by atoms with van der Waals surface area (Å²) in [5.41, 5.74) is 14.3. The molecule has 4 nitrogen and oxygen atoms in total. The molecule has 8 aromatic rings. The summed E-state index contributed by atoms with van der Waals surface area (Å²) >= 11 is 0. The molecule has 1 aromatic heterocycles. The number of ether oxygens (including phenoxy) is 1. The lowest BCUT2D eigenvalue weighted by molar-refractivity contribution is 0.437. The van der Waals surface area contributed by atoms with Crippen molar-refractivity contribution >= 4 is 5.57 Å². The Morgan fingerprint density at radius 2 is 0.893 bits per heavy atom. The lowest BCUT2D eigenvalue weighted by Gasteiger charge is -2.40. The quantitative estimate of drug-likeness (QED) is 0.178. The summed E-state index contributed by atoms with van der Waals surface area (Å²) in [5, 5.41) is 0. The Bertz CT molecular complexity index is 2830. The smallest absolute Gasteiger partial charge is 0.164 e. The Balaban J connectivity index is 1.04. The minimum atomic E-state index is -0.556. The Kier molecular flexibility index (Phi) is 7.49. The molecule has 0 unspecified atom stereocenters. The third kappa shape index (κ3) is 5.03. The van der Waals surface area contributed by atoms with Gasteiger partial charge < -0.3 is 4.74 Å². The van der Waals surface area contributed by atoms with Crippen LogP contribution in [-0.4, -0.2) is 15.0 Å². The third-order valence-electron chi connectivity index (χ3n) is 11.5. The van der Waals surface area contributed by atoms with Crippen LogP contribution in [0.5, 0.6) is 11.5 Å². The Labute approximate surface area is 326 Å². The van der Waals surface area contributed by atoms with Crippen molar-refractivity contribution in [1.82, 2.24) is 15.0 Å². The number of aromatic nitrogens is 3. The zero-order valence-electron chi connectivity index (χ0n) is 30.6. The molecule has 264 valence electrons. The van der Waals surface area contributed by atoms with E-state index in [-0.39, 0.29) is 0 Å². The number of hydrogen-bond donors (Lipinski definition) is 0. The van der Waals surface area contributed by atoms with E-state index < -0.39 is 5.41 Å². The molecule has 0 atom stereocenters. The lowest BCUT2D eigenvalue weighted by atomic mass is 9.64. The average Bonchev–Trinajstić information content (AvgIpc) is 3.57. The zero-order valence-corrected chi connectivity index (χ0v) is 30.6. The Hall–Kier alpha value is -7.17. The molecular formula is C52H35N3O. The van der Waals surface area contributed by atoms with Gasteiger partial charge in [0.1, 0.15) is 11.5 Å². The van der Waals surface area contributed by atoms with Crippen LogP contribution in [-0.2, 0) is 5.41 Å². The van der Waals surface area contributed by atoms with E-state index in [0.29, 0.717) is 17.5 Å². The van der Waals surface area contributed by atoms with Crippen LogP contribution in [0.4, 0.5) is 0 Å². The zero-order chi connectivity index (χ0) is 37.1. The van der Waals surface area contributed by atoms with E-state index in [1.807, 2.05) is 30.3 Å². The van der Waals surface area contributed by atoms with Crippen molar-refractivity contribution in [3.63, 3.8) is 0 Å². The number of hydrogen-bond acceptors (Lipinski definition) is 4. The van der Waals surface area contributed by atoms with E-state index in [1.54, 1.807) is 0 Å². The van der Waals surface area contributed by atoms with Gasteiger partial charge in [-0.3, -0.25) is 0 Å². The summed E-state index contributed by atoms with van der Waals surface area (Å²) in [4.78, 5) is 15.1. The average molecular weight is 718 g/mol. The van der Waals surface area contributed by atoms with Crippen molar-refractivity contribution < 1.29 is 4.74 Å². The van der Waals surface area contributed by atoms with Crippen molar-refractivity contribution in [2.45, 2.75) is 18.3 Å². The van der Waals surface area contributed by atoms with Crippen LogP contribution in [0.3, 0.4) is 0 Å². The maximum atomic E-state index is 6.77. The molecule has 0 radical (unpaired) electrons. The van der Waals surface area contributed by atoms with Gasteiger partial charge in [0, 0.05) is 27.8 Å². The normalized spacial score (nSPS) is 14.2. The van der Waals surface area contributed by atoms with Crippen LogP contribution in [0.25, 0.3) is 62.0 Å². The van der Waals surface area contributed by atoms with E-state index in [9.17, 15) is 0 Å². The summed E-state index contributed by atoms with van der Waals surface area (Å²) in [6, 6.07) is 60.0. The Morgan fingerprint density at radius 3 is 1.52 bits per heavy atom. The summed E-state index contributed by atoms with van der Waals surface area (Å²) in [6.45, 7) is 0. The molecule has 2 aliphatic carbocycles. The second-order valence-electron chi connectivity index (χ2n) is 14.6. The predicted molar refractivity (Wildman–Crippen MR) is 225 cm³/mol. The van der Waals surface area contributed by atoms with Gasteiger partial charge >= 0.3 is 0 Å².